The largest absolute Gasteiger partial charge is 0.366 e. The molecule has 0 spiro atoms. The van der Waals surface area contributed by atoms with E-state index in [1.54, 1.807) is 18.3 Å². The van der Waals surface area contributed by atoms with Gasteiger partial charge in [0.15, 0.2) is 0 Å². The van der Waals surface area contributed by atoms with Gasteiger partial charge in [0, 0.05) is 12.7 Å². The monoisotopic (exact) mass is 250 g/mol. The average Bonchev–Trinajstić information content (AvgIpc) is 2.33. The zero-order valence-electron chi connectivity index (χ0n) is 9.37. The average molecular weight is 251 g/mol. The van der Waals surface area contributed by atoms with Crippen LogP contribution in [0.4, 0.5) is 10.2 Å². The van der Waals surface area contributed by atoms with Crippen LogP contribution in [0.1, 0.15) is 11.1 Å². The first-order valence-electron chi connectivity index (χ1n) is 5.25. The van der Waals surface area contributed by atoms with Crippen LogP contribution in [0.15, 0.2) is 36.5 Å². The van der Waals surface area contributed by atoms with E-state index < -0.39 is 5.82 Å². The van der Waals surface area contributed by atoms with E-state index in [4.69, 9.17) is 11.6 Å². The van der Waals surface area contributed by atoms with Gasteiger partial charge in [-0.15, -0.1) is 0 Å². The van der Waals surface area contributed by atoms with Crippen LogP contribution < -0.4 is 5.32 Å². The lowest BCUT2D eigenvalue weighted by Gasteiger charge is -2.06. The van der Waals surface area contributed by atoms with E-state index >= 15 is 0 Å². The quantitative estimate of drug-likeness (QED) is 0.896. The maximum Gasteiger partial charge on any atom is 0.141 e. The molecule has 0 aliphatic heterocycles. The van der Waals surface area contributed by atoms with Gasteiger partial charge in [-0.05, 0) is 36.2 Å². The Bertz CT molecular complexity index is 511. The highest BCUT2D eigenvalue weighted by Gasteiger charge is 2.01. The molecule has 17 heavy (non-hydrogen) atoms. The SMILES string of the molecule is Cc1ccc(NCc2ccc(F)c(Cl)c2)nc1. The molecule has 0 bridgehead atoms. The first kappa shape index (κ1) is 11.9. The first-order chi connectivity index (χ1) is 8.15. The molecule has 0 radical (unpaired) electrons. The number of rotatable bonds is 3. The number of aromatic nitrogens is 1. The molecular formula is C13H12ClFN2. The van der Waals surface area contributed by atoms with Crippen LogP contribution in [0.5, 0.6) is 0 Å². The van der Waals surface area contributed by atoms with Crippen molar-refractivity contribution in [3.63, 3.8) is 0 Å². The molecule has 2 aromatic rings. The van der Waals surface area contributed by atoms with Crippen molar-refractivity contribution in [3.05, 3.63) is 58.5 Å². The highest BCUT2D eigenvalue weighted by molar-refractivity contribution is 6.30. The van der Waals surface area contributed by atoms with Crippen LogP contribution >= 0.6 is 11.6 Å². The fourth-order valence-electron chi connectivity index (χ4n) is 1.41. The van der Waals surface area contributed by atoms with E-state index in [0.717, 1.165) is 16.9 Å². The van der Waals surface area contributed by atoms with Crippen LogP contribution in [-0.4, -0.2) is 4.98 Å². The summed E-state index contributed by atoms with van der Waals surface area (Å²) in [6, 6.07) is 8.55. The Labute approximate surface area is 104 Å². The highest BCUT2D eigenvalue weighted by Crippen LogP contribution is 2.16. The van der Waals surface area contributed by atoms with Crippen molar-refractivity contribution in [2.45, 2.75) is 13.5 Å². The Kier molecular flexibility index (Phi) is 3.59. The summed E-state index contributed by atoms with van der Waals surface area (Å²) in [4.78, 5) is 4.22. The predicted molar refractivity (Wildman–Crippen MR) is 67.7 cm³/mol. The van der Waals surface area contributed by atoms with Gasteiger partial charge < -0.3 is 5.32 Å². The number of nitrogens with one attached hydrogen (secondary N) is 1. The van der Waals surface area contributed by atoms with E-state index in [2.05, 4.69) is 10.3 Å². The van der Waals surface area contributed by atoms with Crippen LogP contribution in [0.3, 0.4) is 0 Å². The molecule has 1 aromatic carbocycles. The number of pyridine rings is 1. The second-order valence-corrected chi connectivity index (χ2v) is 4.23. The summed E-state index contributed by atoms with van der Waals surface area (Å²) in [5.41, 5.74) is 2.03. The lowest BCUT2D eigenvalue weighted by molar-refractivity contribution is 0.627. The van der Waals surface area contributed by atoms with Crippen molar-refractivity contribution in [1.29, 1.82) is 0 Å². The number of benzene rings is 1. The summed E-state index contributed by atoms with van der Waals surface area (Å²) in [6.45, 7) is 2.55. The first-order valence-corrected chi connectivity index (χ1v) is 5.63. The van der Waals surface area contributed by atoms with Crippen molar-refractivity contribution in [2.24, 2.45) is 0 Å². The minimum Gasteiger partial charge on any atom is -0.366 e. The van der Waals surface area contributed by atoms with E-state index in [0.29, 0.717) is 6.54 Å². The van der Waals surface area contributed by atoms with Gasteiger partial charge in [-0.3, -0.25) is 0 Å². The molecule has 0 atom stereocenters. The molecule has 0 saturated carbocycles. The lowest BCUT2D eigenvalue weighted by Crippen LogP contribution is -2.01. The molecule has 0 aliphatic rings. The van der Waals surface area contributed by atoms with Crippen molar-refractivity contribution in [1.82, 2.24) is 4.98 Å². The number of hydrogen-bond donors (Lipinski definition) is 1. The molecule has 88 valence electrons. The van der Waals surface area contributed by atoms with Gasteiger partial charge in [-0.1, -0.05) is 23.7 Å². The smallest absolute Gasteiger partial charge is 0.141 e. The van der Waals surface area contributed by atoms with Crippen molar-refractivity contribution < 1.29 is 4.39 Å². The van der Waals surface area contributed by atoms with Gasteiger partial charge >= 0.3 is 0 Å². The summed E-state index contributed by atoms with van der Waals surface area (Å²) >= 11 is 5.70. The Morgan fingerprint density at radius 2 is 2.12 bits per heavy atom. The number of nitrogens with zero attached hydrogens (tertiary/aromatic N) is 1. The molecule has 1 aromatic heterocycles. The summed E-state index contributed by atoms with van der Waals surface area (Å²) in [5.74, 6) is 0.389. The van der Waals surface area contributed by atoms with Crippen molar-refractivity contribution in [2.75, 3.05) is 5.32 Å². The number of aryl methyl sites for hydroxylation is 1. The normalized spacial score (nSPS) is 10.3. The minimum absolute atomic E-state index is 0.140. The topological polar surface area (TPSA) is 24.9 Å². The van der Waals surface area contributed by atoms with Gasteiger partial charge in [-0.2, -0.15) is 0 Å². The van der Waals surface area contributed by atoms with E-state index in [1.165, 1.54) is 6.07 Å². The maximum atomic E-state index is 12.9. The fraction of sp³-hybridized carbons (Fsp3) is 0.154. The predicted octanol–water partition coefficient (Wildman–Crippen LogP) is 3.79. The lowest BCUT2D eigenvalue weighted by atomic mass is 10.2. The summed E-state index contributed by atoms with van der Waals surface area (Å²) < 4.78 is 12.9. The van der Waals surface area contributed by atoms with Gasteiger partial charge in [0.25, 0.3) is 0 Å². The molecule has 2 nitrogen and oxygen atoms in total. The highest BCUT2D eigenvalue weighted by atomic mass is 35.5. The Morgan fingerprint density at radius 3 is 2.76 bits per heavy atom. The zero-order chi connectivity index (χ0) is 12.3. The summed E-state index contributed by atoms with van der Waals surface area (Å²) in [6.07, 6.45) is 1.79. The standard InChI is InChI=1S/C13H12ClFN2/c1-9-2-5-13(16-7-9)17-8-10-3-4-12(15)11(14)6-10/h2-7H,8H2,1H3,(H,16,17). The van der Waals surface area contributed by atoms with Gasteiger partial charge in [0.2, 0.25) is 0 Å². The molecule has 1 heterocycles. The fourth-order valence-corrected chi connectivity index (χ4v) is 1.62. The van der Waals surface area contributed by atoms with Crippen molar-refractivity contribution in [3.8, 4) is 0 Å². The van der Waals surface area contributed by atoms with E-state index in [1.807, 2.05) is 19.1 Å². The Hall–Kier alpha value is -1.61. The molecular weight excluding hydrogens is 239 g/mol. The third-order valence-corrected chi connectivity index (χ3v) is 2.66. The molecule has 0 unspecified atom stereocenters. The van der Waals surface area contributed by atoms with Crippen LogP contribution in [0.25, 0.3) is 0 Å². The molecule has 0 fully saturated rings. The maximum absolute atomic E-state index is 12.9. The van der Waals surface area contributed by atoms with E-state index in [9.17, 15) is 4.39 Å². The molecule has 0 aliphatic carbocycles. The molecule has 4 heteroatoms. The van der Waals surface area contributed by atoms with Gasteiger partial charge in [0.1, 0.15) is 11.6 Å². The summed E-state index contributed by atoms with van der Waals surface area (Å²) in [5, 5.41) is 3.28. The third kappa shape index (κ3) is 3.17. The van der Waals surface area contributed by atoms with Crippen LogP contribution in [0, 0.1) is 12.7 Å². The van der Waals surface area contributed by atoms with Crippen LogP contribution in [0.2, 0.25) is 5.02 Å². The molecule has 2 rings (SSSR count). The second-order valence-electron chi connectivity index (χ2n) is 3.82. The van der Waals surface area contributed by atoms with E-state index in [-0.39, 0.29) is 5.02 Å². The Morgan fingerprint density at radius 1 is 1.29 bits per heavy atom. The van der Waals surface area contributed by atoms with Crippen LogP contribution in [-0.2, 0) is 6.54 Å². The number of halogens is 2. The number of anilines is 1. The molecule has 1 N–H and O–H groups in total. The second kappa shape index (κ2) is 5.15. The Balaban J connectivity index is 2.02. The van der Waals surface area contributed by atoms with Crippen molar-refractivity contribution >= 4 is 17.4 Å². The minimum atomic E-state index is -0.399. The summed E-state index contributed by atoms with van der Waals surface area (Å²) in [7, 11) is 0. The third-order valence-electron chi connectivity index (χ3n) is 2.37. The molecule has 0 amide bonds. The van der Waals surface area contributed by atoms with Gasteiger partial charge in [-0.25, -0.2) is 9.37 Å². The zero-order valence-corrected chi connectivity index (χ0v) is 10.1. The number of hydrogen-bond acceptors (Lipinski definition) is 2. The molecule has 0 saturated heterocycles. The van der Waals surface area contributed by atoms with Gasteiger partial charge in [0.05, 0.1) is 5.02 Å².